The number of aliphatic imine (C=N–C) groups is 1. The molecule has 112 valence electrons. The first-order valence-corrected chi connectivity index (χ1v) is 7.21. The van der Waals surface area contributed by atoms with Gasteiger partial charge in [0.2, 0.25) is 5.90 Å². The Labute approximate surface area is 129 Å². The second-order valence-corrected chi connectivity index (χ2v) is 6.10. The third kappa shape index (κ3) is 3.04. The van der Waals surface area contributed by atoms with Gasteiger partial charge in [-0.05, 0) is 43.0 Å². The monoisotopic (exact) mass is 297 g/mol. The van der Waals surface area contributed by atoms with E-state index in [-0.39, 0.29) is 11.4 Å². The molecule has 1 aliphatic rings. The van der Waals surface area contributed by atoms with Crippen LogP contribution in [0.3, 0.4) is 0 Å². The van der Waals surface area contributed by atoms with E-state index < -0.39 is 6.92 Å². The largest absolute Gasteiger partial charge is 0.475 e. The summed E-state index contributed by atoms with van der Waals surface area (Å²) >= 11 is 0. The van der Waals surface area contributed by atoms with Gasteiger partial charge in [0.1, 0.15) is 12.4 Å². The molecule has 1 N–H and O–H groups in total. The van der Waals surface area contributed by atoms with Crippen LogP contribution in [0.5, 0.6) is 0 Å². The van der Waals surface area contributed by atoms with Crippen molar-refractivity contribution in [2.45, 2.75) is 19.4 Å². The standard InChI is InChI=1S/C17H17BFNO2/c1-17(2)11-22-16(20-17)12-5-3-6-13(9-12)18(21)14-7-4-8-15(19)10-14/h3-10,21H,11H2,1-2H3. The van der Waals surface area contributed by atoms with E-state index in [1.165, 1.54) is 12.1 Å². The highest BCUT2D eigenvalue weighted by Crippen LogP contribution is 2.20. The Balaban J connectivity index is 1.92. The van der Waals surface area contributed by atoms with Gasteiger partial charge < -0.3 is 9.76 Å². The fraction of sp³-hybridized carbons (Fsp3) is 0.235. The molecule has 0 amide bonds. The molecule has 3 rings (SSSR count). The van der Waals surface area contributed by atoms with E-state index in [1.807, 2.05) is 32.0 Å². The maximum absolute atomic E-state index is 13.3. The van der Waals surface area contributed by atoms with Crippen molar-refractivity contribution in [3.63, 3.8) is 0 Å². The smallest absolute Gasteiger partial charge is 0.359 e. The molecule has 0 aliphatic carbocycles. The maximum atomic E-state index is 13.3. The van der Waals surface area contributed by atoms with Crippen LogP contribution < -0.4 is 10.9 Å². The average molecular weight is 297 g/mol. The van der Waals surface area contributed by atoms with Crippen LogP contribution in [0.1, 0.15) is 19.4 Å². The lowest BCUT2D eigenvalue weighted by atomic mass is 9.56. The minimum absolute atomic E-state index is 0.230. The van der Waals surface area contributed by atoms with Crippen molar-refractivity contribution in [1.29, 1.82) is 0 Å². The van der Waals surface area contributed by atoms with Crippen LogP contribution in [-0.4, -0.2) is 30.0 Å². The third-order valence-electron chi connectivity index (χ3n) is 3.58. The second kappa shape index (κ2) is 5.57. The summed E-state index contributed by atoms with van der Waals surface area (Å²) in [5, 5.41) is 10.4. The van der Waals surface area contributed by atoms with E-state index in [9.17, 15) is 9.41 Å². The molecule has 1 heterocycles. The SMILES string of the molecule is CC1(C)COC(c2cccc(B(O)c3cccc(F)c3)c2)=N1. The van der Waals surface area contributed by atoms with E-state index in [4.69, 9.17) is 4.74 Å². The van der Waals surface area contributed by atoms with Crippen LogP contribution in [0.4, 0.5) is 4.39 Å². The zero-order valence-corrected chi connectivity index (χ0v) is 12.6. The summed E-state index contributed by atoms with van der Waals surface area (Å²) in [6.07, 6.45) is 0. The van der Waals surface area contributed by atoms with Gasteiger partial charge in [0.25, 0.3) is 0 Å². The van der Waals surface area contributed by atoms with Crippen molar-refractivity contribution in [3.8, 4) is 0 Å². The van der Waals surface area contributed by atoms with Crippen molar-refractivity contribution >= 4 is 23.7 Å². The highest BCUT2D eigenvalue weighted by Gasteiger charge is 2.27. The summed E-state index contributed by atoms with van der Waals surface area (Å²) in [5.41, 5.74) is 1.79. The van der Waals surface area contributed by atoms with Crippen LogP contribution in [0.15, 0.2) is 53.5 Å². The molecule has 0 fully saturated rings. The Morgan fingerprint density at radius 3 is 2.45 bits per heavy atom. The summed E-state index contributed by atoms with van der Waals surface area (Å²) < 4.78 is 18.9. The fourth-order valence-corrected chi connectivity index (χ4v) is 2.44. The molecular weight excluding hydrogens is 280 g/mol. The summed E-state index contributed by atoms with van der Waals surface area (Å²) in [5.74, 6) is 0.219. The number of halogens is 1. The summed E-state index contributed by atoms with van der Waals surface area (Å²) in [4.78, 5) is 4.53. The van der Waals surface area contributed by atoms with Gasteiger partial charge in [-0.25, -0.2) is 9.38 Å². The van der Waals surface area contributed by atoms with E-state index >= 15 is 0 Å². The predicted molar refractivity (Wildman–Crippen MR) is 86.7 cm³/mol. The molecule has 0 bridgehead atoms. The number of hydrogen-bond donors (Lipinski definition) is 1. The molecule has 0 saturated carbocycles. The first-order valence-electron chi connectivity index (χ1n) is 7.21. The van der Waals surface area contributed by atoms with Crippen LogP contribution >= 0.6 is 0 Å². The Morgan fingerprint density at radius 1 is 1.14 bits per heavy atom. The molecule has 2 aromatic rings. The molecule has 0 spiro atoms. The molecule has 0 aromatic heterocycles. The Morgan fingerprint density at radius 2 is 1.82 bits per heavy atom. The number of ether oxygens (including phenoxy) is 1. The van der Waals surface area contributed by atoms with Gasteiger partial charge in [-0.3, -0.25) is 0 Å². The molecule has 3 nitrogen and oxygen atoms in total. The molecule has 0 saturated heterocycles. The molecule has 2 aromatic carbocycles. The van der Waals surface area contributed by atoms with Crippen molar-refractivity contribution in [2.24, 2.45) is 4.99 Å². The first-order chi connectivity index (χ1) is 10.4. The minimum atomic E-state index is -0.884. The van der Waals surface area contributed by atoms with Gasteiger partial charge in [-0.1, -0.05) is 30.3 Å². The molecule has 0 unspecified atom stereocenters. The second-order valence-electron chi connectivity index (χ2n) is 6.10. The Hall–Kier alpha value is -2.14. The van der Waals surface area contributed by atoms with E-state index in [0.29, 0.717) is 23.4 Å². The minimum Gasteiger partial charge on any atom is -0.475 e. The zero-order chi connectivity index (χ0) is 15.7. The van der Waals surface area contributed by atoms with Gasteiger partial charge in [0.15, 0.2) is 0 Å². The average Bonchev–Trinajstić information content (AvgIpc) is 2.87. The summed E-state index contributed by atoms with van der Waals surface area (Å²) in [6, 6.07) is 13.3. The number of benzene rings is 2. The zero-order valence-electron chi connectivity index (χ0n) is 12.6. The van der Waals surface area contributed by atoms with Gasteiger partial charge in [-0.2, -0.15) is 0 Å². The fourth-order valence-electron chi connectivity index (χ4n) is 2.44. The van der Waals surface area contributed by atoms with Crippen LogP contribution in [0, 0.1) is 5.82 Å². The van der Waals surface area contributed by atoms with E-state index in [2.05, 4.69) is 4.99 Å². The van der Waals surface area contributed by atoms with E-state index in [1.54, 1.807) is 18.2 Å². The van der Waals surface area contributed by atoms with Crippen molar-refractivity contribution in [3.05, 3.63) is 59.9 Å². The number of hydrogen-bond acceptors (Lipinski definition) is 3. The molecule has 5 heteroatoms. The Kier molecular flexibility index (Phi) is 3.75. The molecule has 1 aliphatic heterocycles. The lowest BCUT2D eigenvalue weighted by Crippen LogP contribution is -2.42. The van der Waals surface area contributed by atoms with Gasteiger partial charge in [0.05, 0.1) is 5.54 Å². The molecule has 0 radical (unpaired) electrons. The van der Waals surface area contributed by atoms with Gasteiger partial charge in [0, 0.05) is 5.56 Å². The molecule has 22 heavy (non-hydrogen) atoms. The third-order valence-corrected chi connectivity index (χ3v) is 3.58. The molecule has 0 atom stereocenters. The number of rotatable bonds is 3. The maximum Gasteiger partial charge on any atom is 0.359 e. The first kappa shape index (κ1) is 14.8. The number of nitrogens with zero attached hydrogens (tertiary/aromatic N) is 1. The van der Waals surface area contributed by atoms with Crippen molar-refractivity contribution in [1.82, 2.24) is 0 Å². The topological polar surface area (TPSA) is 41.8 Å². The lowest BCUT2D eigenvalue weighted by Gasteiger charge is -2.09. The summed E-state index contributed by atoms with van der Waals surface area (Å²) in [7, 11) is 0. The van der Waals surface area contributed by atoms with Gasteiger partial charge in [-0.15, -0.1) is 0 Å². The lowest BCUT2D eigenvalue weighted by molar-refractivity contribution is 0.279. The van der Waals surface area contributed by atoms with E-state index in [0.717, 1.165) is 5.56 Å². The predicted octanol–water partition coefficient (Wildman–Crippen LogP) is 1.48. The Bertz CT molecular complexity index is 730. The quantitative estimate of drug-likeness (QED) is 0.872. The highest BCUT2D eigenvalue weighted by atomic mass is 19.1. The van der Waals surface area contributed by atoms with Crippen molar-refractivity contribution < 1.29 is 14.2 Å². The van der Waals surface area contributed by atoms with Gasteiger partial charge >= 0.3 is 6.92 Å². The molecular formula is C17H17BFNO2. The van der Waals surface area contributed by atoms with Crippen LogP contribution in [-0.2, 0) is 4.74 Å². The van der Waals surface area contributed by atoms with Crippen LogP contribution in [0.2, 0.25) is 0 Å². The highest BCUT2D eigenvalue weighted by molar-refractivity contribution is 6.78. The summed E-state index contributed by atoms with van der Waals surface area (Å²) in [6.45, 7) is 3.67. The normalized spacial score (nSPS) is 16.1. The van der Waals surface area contributed by atoms with Crippen LogP contribution in [0.25, 0.3) is 0 Å². The van der Waals surface area contributed by atoms with Crippen molar-refractivity contribution in [2.75, 3.05) is 6.61 Å².